The van der Waals surface area contributed by atoms with Crippen molar-refractivity contribution < 1.29 is 22.9 Å². The van der Waals surface area contributed by atoms with Gasteiger partial charge in [-0.2, -0.15) is 4.98 Å². The van der Waals surface area contributed by atoms with Crippen LogP contribution < -0.4 is 10.6 Å². The molecular formula is C19H16F2N4O3. The number of nitrogens with one attached hydrogen (secondary N) is 2. The highest BCUT2D eigenvalue weighted by molar-refractivity contribution is 5.95. The van der Waals surface area contributed by atoms with Gasteiger partial charge in [-0.15, -0.1) is 0 Å². The molecule has 2 amide bonds. The van der Waals surface area contributed by atoms with E-state index in [2.05, 4.69) is 20.8 Å². The lowest BCUT2D eigenvalue weighted by molar-refractivity contribution is -0.116. The Labute approximate surface area is 158 Å². The highest BCUT2D eigenvalue weighted by atomic mass is 19.1. The largest absolute Gasteiger partial charge is 0.351 e. The number of benzene rings is 2. The van der Waals surface area contributed by atoms with Crippen LogP contribution in [0.15, 0.2) is 47.0 Å². The molecule has 0 bridgehead atoms. The molecule has 0 saturated carbocycles. The lowest BCUT2D eigenvalue weighted by Gasteiger charge is -2.08. The van der Waals surface area contributed by atoms with E-state index in [1.807, 2.05) is 0 Å². The van der Waals surface area contributed by atoms with Crippen molar-refractivity contribution >= 4 is 17.5 Å². The van der Waals surface area contributed by atoms with Crippen molar-refractivity contribution in [3.05, 3.63) is 65.6 Å². The molecular weight excluding hydrogens is 370 g/mol. The van der Waals surface area contributed by atoms with Gasteiger partial charge in [0, 0.05) is 37.2 Å². The smallest absolute Gasteiger partial charge is 0.254 e. The minimum Gasteiger partial charge on any atom is -0.351 e. The van der Waals surface area contributed by atoms with E-state index in [1.165, 1.54) is 0 Å². The molecule has 0 aliphatic heterocycles. The number of halogens is 2. The molecule has 0 spiro atoms. The van der Waals surface area contributed by atoms with Crippen LogP contribution in [-0.4, -0.2) is 28.5 Å². The molecule has 1 aromatic heterocycles. The summed E-state index contributed by atoms with van der Waals surface area (Å²) in [7, 11) is 0. The quantitative estimate of drug-likeness (QED) is 0.679. The van der Waals surface area contributed by atoms with Crippen molar-refractivity contribution in [3.63, 3.8) is 0 Å². The number of amides is 2. The first kappa shape index (κ1) is 19.2. The fraction of sp³-hybridized carbons (Fsp3) is 0.158. The van der Waals surface area contributed by atoms with Crippen molar-refractivity contribution in [2.45, 2.75) is 13.3 Å². The van der Waals surface area contributed by atoms with Gasteiger partial charge in [-0.25, -0.2) is 8.78 Å². The van der Waals surface area contributed by atoms with Crippen molar-refractivity contribution in [3.8, 4) is 11.4 Å². The summed E-state index contributed by atoms with van der Waals surface area (Å²) >= 11 is 0. The van der Waals surface area contributed by atoms with E-state index in [0.29, 0.717) is 29.0 Å². The first-order valence-corrected chi connectivity index (χ1v) is 8.36. The molecule has 3 rings (SSSR count). The average Bonchev–Trinajstić information content (AvgIpc) is 3.08. The van der Waals surface area contributed by atoms with Crippen LogP contribution >= 0.6 is 0 Å². The van der Waals surface area contributed by atoms with Crippen LogP contribution in [0.2, 0.25) is 0 Å². The Bertz CT molecular complexity index is 1020. The molecule has 9 heteroatoms. The number of anilines is 1. The van der Waals surface area contributed by atoms with E-state index in [1.54, 1.807) is 31.2 Å². The second-order valence-corrected chi connectivity index (χ2v) is 5.90. The van der Waals surface area contributed by atoms with Crippen LogP contribution in [0.1, 0.15) is 22.7 Å². The van der Waals surface area contributed by atoms with Crippen LogP contribution in [0, 0.1) is 18.6 Å². The maximum absolute atomic E-state index is 13.6. The fourth-order valence-corrected chi connectivity index (χ4v) is 2.43. The molecule has 0 radical (unpaired) electrons. The van der Waals surface area contributed by atoms with Crippen LogP contribution in [0.4, 0.5) is 14.5 Å². The molecule has 7 nitrogen and oxygen atoms in total. The number of hydrogen-bond donors (Lipinski definition) is 2. The molecule has 3 aromatic rings. The predicted octanol–water partition coefficient (Wildman–Crippen LogP) is 3.08. The van der Waals surface area contributed by atoms with Crippen molar-refractivity contribution in [2.75, 3.05) is 11.9 Å². The maximum Gasteiger partial charge on any atom is 0.254 e. The van der Waals surface area contributed by atoms with E-state index in [9.17, 15) is 18.4 Å². The van der Waals surface area contributed by atoms with E-state index in [-0.39, 0.29) is 24.4 Å². The standard InChI is InChI=1S/C19H16F2N4O3/c1-11-23-18(25-28-11)12-3-2-4-14(9-12)24-17(26)7-8-22-19(27)15-6-5-13(20)10-16(15)21/h2-6,9-10H,7-8H2,1H3,(H,22,27)(H,24,26). The van der Waals surface area contributed by atoms with Gasteiger partial charge in [0.15, 0.2) is 0 Å². The Hall–Kier alpha value is -3.62. The number of carbonyl (C=O) groups is 2. The third kappa shape index (κ3) is 4.76. The summed E-state index contributed by atoms with van der Waals surface area (Å²) in [6.07, 6.45) is -0.0277. The zero-order valence-electron chi connectivity index (χ0n) is 14.8. The van der Waals surface area contributed by atoms with E-state index in [0.717, 1.165) is 12.1 Å². The van der Waals surface area contributed by atoms with Gasteiger partial charge in [-0.1, -0.05) is 17.3 Å². The maximum atomic E-state index is 13.6. The molecule has 144 valence electrons. The van der Waals surface area contributed by atoms with Crippen LogP contribution in [0.3, 0.4) is 0 Å². The topological polar surface area (TPSA) is 97.1 Å². The molecule has 0 unspecified atom stereocenters. The van der Waals surface area contributed by atoms with Crippen molar-refractivity contribution in [1.82, 2.24) is 15.5 Å². The van der Waals surface area contributed by atoms with Crippen molar-refractivity contribution in [1.29, 1.82) is 0 Å². The zero-order valence-corrected chi connectivity index (χ0v) is 14.8. The summed E-state index contributed by atoms with van der Waals surface area (Å²) in [4.78, 5) is 28.1. The Morgan fingerprint density at radius 2 is 1.96 bits per heavy atom. The SMILES string of the molecule is Cc1nc(-c2cccc(NC(=O)CCNC(=O)c3ccc(F)cc3F)c2)no1. The van der Waals surface area contributed by atoms with Crippen LogP contribution in [0.25, 0.3) is 11.4 Å². The molecule has 28 heavy (non-hydrogen) atoms. The second-order valence-electron chi connectivity index (χ2n) is 5.90. The normalized spacial score (nSPS) is 10.5. The lowest BCUT2D eigenvalue weighted by atomic mass is 10.2. The van der Waals surface area contributed by atoms with Crippen molar-refractivity contribution in [2.24, 2.45) is 0 Å². The molecule has 0 aliphatic rings. The van der Waals surface area contributed by atoms with E-state index >= 15 is 0 Å². The van der Waals surface area contributed by atoms with E-state index < -0.39 is 17.5 Å². The molecule has 0 aliphatic carbocycles. The van der Waals surface area contributed by atoms with Gasteiger partial charge in [-0.3, -0.25) is 9.59 Å². The molecule has 0 atom stereocenters. The third-order valence-electron chi connectivity index (χ3n) is 3.75. The molecule has 0 saturated heterocycles. The number of nitrogens with zero attached hydrogens (tertiary/aromatic N) is 2. The Morgan fingerprint density at radius 1 is 1.14 bits per heavy atom. The second kappa shape index (κ2) is 8.38. The lowest BCUT2D eigenvalue weighted by Crippen LogP contribution is -2.28. The predicted molar refractivity (Wildman–Crippen MR) is 96.4 cm³/mol. The number of carbonyl (C=O) groups excluding carboxylic acids is 2. The Balaban J connectivity index is 1.52. The van der Waals surface area contributed by atoms with Gasteiger partial charge in [0.1, 0.15) is 11.6 Å². The summed E-state index contributed by atoms with van der Waals surface area (Å²) in [6.45, 7) is 1.67. The first-order chi connectivity index (χ1) is 13.4. The average molecular weight is 386 g/mol. The minimum atomic E-state index is -0.963. The van der Waals surface area contributed by atoms with Gasteiger partial charge in [0.05, 0.1) is 5.56 Å². The number of rotatable bonds is 6. The van der Waals surface area contributed by atoms with Gasteiger partial charge < -0.3 is 15.2 Å². The molecule has 2 aromatic carbocycles. The fourth-order valence-electron chi connectivity index (χ4n) is 2.43. The summed E-state index contributed by atoms with van der Waals surface area (Å²) < 4.78 is 31.4. The van der Waals surface area contributed by atoms with Gasteiger partial charge in [-0.05, 0) is 24.3 Å². The van der Waals surface area contributed by atoms with Crippen LogP contribution in [0.5, 0.6) is 0 Å². The molecule has 1 heterocycles. The Morgan fingerprint density at radius 3 is 2.68 bits per heavy atom. The van der Waals surface area contributed by atoms with Gasteiger partial charge in [0.2, 0.25) is 17.6 Å². The molecule has 0 fully saturated rings. The Kier molecular flexibility index (Phi) is 5.73. The highest BCUT2D eigenvalue weighted by Crippen LogP contribution is 2.20. The number of aromatic nitrogens is 2. The van der Waals surface area contributed by atoms with E-state index in [4.69, 9.17) is 4.52 Å². The van der Waals surface area contributed by atoms with Gasteiger partial charge in [0.25, 0.3) is 5.91 Å². The first-order valence-electron chi connectivity index (χ1n) is 8.36. The summed E-state index contributed by atoms with van der Waals surface area (Å²) in [5, 5.41) is 8.93. The zero-order chi connectivity index (χ0) is 20.1. The number of hydrogen-bond acceptors (Lipinski definition) is 5. The highest BCUT2D eigenvalue weighted by Gasteiger charge is 2.13. The third-order valence-corrected chi connectivity index (χ3v) is 3.75. The monoisotopic (exact) mass is 386 g/mol. The van der Waals surface area contributed by atoms with Crippen LogP contribution in [-0.2, 0) is 4.79 Å². The minimum absolute atomic E-state index is 0.00872. The molecule has 2 N–H and O–H groups in total. The number of aryl methyl sites for hydroxylation is 1. The summed E-state index contributed by atoms with van der Waals surface area (Å²) in [6, 6.07) is 9.55. The van der Waals surface area contributed by atoms with Gasteiger partial charge >= 0.3 is 0 Å². The summed E-state index contributed by atoms with van der Waals surface area (Å²) in [5.41, 5.74) is 0.917. The summed E-state index contributed by atoms with van der Waals surface area (Å²) in [5.74, 6) is -1.97.